The van der Waals surface area contributed by atoms with Crippen molar-refractivity contribution in [2.45, 2.75) is 13.1 Å². The molecule has 0 saturated carbocycles. The van der Waals surface area contributed by atoms with E-state index in [1.807, 2.05) is 48.5 Å². The number of fused-ring (bicyclic) bond motifs is 2. The van der Waals surface area contributed by atoms with Crippen molar-refractivity contribution in [2.24, 2.45) is 0 Å². The molecule has 2 aliphatic rings. The van der Waals surface area contributed by atoms with Gasteiger partial charge in [-0.25, -0.2) is 0 Å². The topological polar surface area (TPSA) is 84.5 Å². The van der Waals surface area contributed by atoms with Gasteiger partial charge in [-0.2, -0.15) is 0 Å². The number of hydrogen-bond donors (Lipinski definition) is 2. The van der Waals surface area contributed by atoms with Crippen LogP contribution in [-0.4, -0.2) is 30.9 Å². The van der Waals surface area contributed by atoms with Crippen LogP contribution in [0, 0.1) is 7.91 Å². The first kappa shape index (κ1) is 26.3. The van der Waals surface area contributed by atoms with Gasteiger partial charge >= 0.3 is 0 Å². The fraction of sp³-hybridized carbons (Fsp3) is 0.0667. The van der Waals surface area contributed by atoms with Gasteiger partial charge in [0.05, 0.1) is 9.75 Å². The lowest BCUT2D eigenvalue weighted by Crippen LogP contribution is -2.07. The van der Waals surface area contributed by atoms with Crippen molar-refractivity contribution in [3.63, 3.8) is 0 Å². The van der Waals surface area contributed by atoms with Gasteiger partial charge in [0.1, 0.15) is 0 Å². The van der Waals surface area contributed by atoms with Crippen LogP contribution in [-0.2, 0) is 22.7 Å². The van der Waals surface area contributed by atoms with E-state index >= 15 is 0 Å². The van der Waals surface area contributed by atoms with E-state index < -0.39 is 0 Å². The largest absolute Gasteiger partial charge is 0.493 e. The second-order valence-electron chi connectivity index (χ2n) is 9.10. The smallest absolute Gasteiger partial charge is 0.210 e. The molecule has 0 radical (unpaired) electrons. The van der Waals surface area contributed by atoms with Gasteiger partial charge in [0.15, 0.2) is 19.5 Å². The zero-order chi connectivity index (χ0) is 28.0. The molecule has 10 heteroatoms. The first-order chi connectivity index (χ1) is 19.3. The summed E-state index contributed by atoms with van der Waals surface area (Å²) in [5.41, 5.74) is 4.43. The molecule has 2 heterocycles. The summed E-state index contributed by atoms with van der Waals surface area (Å²) in [6.45, 7) is 0.488. The minimum atomic E-state index is -0.144. The number of thiazole rings is 2. The number of benzene rings is 2. The summed E-state index contributed by atoms with van der Waals surface area (Å²) in [4.78, 5) is 26.2. The number of hydrogen-bond acceptors (Lipinski definition) is 8. The van der Waals surface area contributed by atoms with Gasteiger partial charge in [-0.1, -0.05) is 60.7 Å². The van der Waals surface area contributed by atoms with E-state index in [4.69, 9.17) is 24.4 Å². The molecule has 0 spiro atoms. The second-order valence-corrected chi connectivity index (χ2v) is 12.5. The van der Waals surface area contributed by atoms with E-state index in [0.717, 1.165) is 22.3 Å². The van der Waals surface area contributed by atoms with Crippen LogP contribution < -0.4 is 0 Å². The van der Waals surface area contributed by atoms with Gasteiger partial charge in [0.2, 0.25) is 11.8 Å². The van der Waals surface area contributed by atoms with Crippen LogP contribution in [0.15, 0.2) is 60.7 Å². The summed E-state index contributed by atoms with van der Waals surface area (Å²) < 4.78 is 3.97. The molecule has 198 valence electrons. The number of rotatable bonds is 5. The molecule has 4 aromatic rings. The molecular weight excluding hydrogens is 581 g/mol. The molecule has 2 aromatic heterocycles. The number of aromatic nitrogens is 2. The number of allylic oxidation sites excluding steroid dienone is 4. The average molecular weight is 601 g/mol. The highest BCUT2D eigenvalue weighted by molar-refractivity contribution is 7.73. The normalized spacial score (nSPS) is 16.1. The summed E-state index contributed by atoms with van der Waals surface area (Å²) in [7, 11) is 0. The molecule has 0 aliphatic heterocycles. The molecule has 0 saturated heterocycles. The summed E-state index contributed by atoms with van der Waals surface area (Å²) in [6, 6.07) is 15.2. The van der Waals surface area contributed by atoms with Gasteiger partial charge < -0.3 is 10.2 Å². The standard InChI is InChI=1S/C30H20N2O4S4/c33-23-11-9-17-5-1-3-7-19(17)21(23)15-25-27(35)31(29(37)39-25)13-14-32-28(36)26(40-30(32)38)16-22-20-8-4-2-6-18(20)10-12-24(22)34/h1-12,15-16,35-36H,13-14H2. The number of nitrogens with zero attached hydrogens (tertiary/aromatic N) is 2. The van der Waals surface area contributed by atoms with Gasteiger partial charge in [0.25, 0.3) is 0 Å². The monoisotopic (exact) mass is 600 g/mol. The van der Waals surface area contributed by atoms with Crippen molar-refractivity contribution in [1.82, 2.24) is 9.13 Å². The number of carbonyl (C=O) groups excluding carboxylic acids is 2. The van der Waals surface area contributed by atoms with E-state index in [1.54, 1.807) is 33.4 Å². The molecule has 0 amide bonds. The number of ketones is 2. The Morgan fingerprint density at radius 3 is 1.48 bits per heavy atom. The predicted octanol–water partition coefficient (Wildman–Crippen LogP) is 7.26. The maximum Gasteiger partial charge on any atom is 0.210 e. The molecule has 2 aromatic carbocycles. The zero-order valence-electron chi connectivity index (χ0n) is 20.7. The summed E-state index contributed by atoms with van der Waals surface area (Å²) >= 11 is 13.5. The highest BCUT2D eigenvalue weighted by atomic mass is 32.2. The Morgan fingerprint density at radius 2 is 1.05 bits per heavy atom. The highest BCUT2D eigenvalue weighted by Crippen LogP contribution is 2.36. The Kier molecular flexibility index (Phi) is 6.93. The van der Waals surface area contributed by atoms with Crippen LogP contribution >= 0.6 is 47.1 Å². The van der Waals surface area contributed by atoms with Crippen LogP contribution in [0.1, 0.15) is 32.0 Å². The molecule has 6 nitrogen and oxygen atoms in total. The Bertz CT molecular complexity index is 1820. The molecule has 0 unspecified atom stereocenters. The number of carbonyl (C=O) groups is 2. The lowest BCUT2D eigenvalue weighted by molar-refractivity contribution is -0.110. The molecule has 6 rings (SSSR count). The predicted molar refractivity (Wildman–Crippen MR) is 166 cm³/mol. The van der Waals surface area contributed by atoms with Crippen LogP contribution in [0.3, 0.4) is 0 Å². The van der Waals surface area contributed by atoms with Crippen LogP contribution in [0.5, 0.6) is 11.8 Å². The summed E-state index contributed by atoms with van der Waals surface area (Å²) in [5.74, 6) is -0.395. The minimum Gasteiger partial charge on any atom is -0.493 e. The first-order valence-electron chi connectivity index (χ1n) is 12.2. The van der Waals surface area contributed by atoms with Gasteiger partial charge in [-0.05, 0) is 71.0 Å². The quantitative estimate of drug-likeness (QED) is 0.185. The Morgan fingerprint density at radius 1 is 0.650 bits per heavy atom. The Labute approximate surface area is 247 Å². The fourth-order valence-corrected chi connectivity index (χ4v) is 7.32. The third kappa shape index (κ3) is 4.69. The maximum atomic E-state index is 12.6. The van der Waals surface area contributed by atoms with Crippen LogP contribution in [0.25, 0.3) is 35.5 Å². The third-order valence-electron chi connectivity index (χ3n) is 6.75. The average Bonchev–Trinajstić information content (AvgIpc) is 3.38. The second kappa shape index (κ2) is 10.5. The molecular formula is C30H20N2O4S4. The van der Waals surface area contributed by atoms with E-state index in [0.29, 0.717) is 28.8 Å². The minimum absolute atomic E-state index is 0.0536. The molecule has 0 fully saturated rings. The van der Waals surface area contributed by atoms with Crippen molar-refractivity contribution >= 4 is 94.1 Å². The number of aromatic hydroxyl groups is 2. The SMILES string of the molecule is O=C1C=Cc2ccccc2C1=Cc1sc(=S)n(CCn2c(O)c(C=C3C(=O)C=Cc4ccccc43)sc2=S)c1O. The molecule has 40 heavy (non-hydrogen) atoms. The molecule has 2 aliphatic carbocycles. The van der Waals surface area contributed by atoms with Crippen molar-refractivity contribution in [1.29, 1.82) is 0 Å². The molecule has 0 bridgehead atoms. The van der Waals surface area contributed by atoms with Crippen molar-refractivity contribution in [3.05, 3.63) is 101 Å². The third-order valence-corrected chi connectivity index (χ3v) is 9.52. The van der Waals surface area contributed by atoms with Gasteiger partial charge in [-0.15, -0.1) is 22.7 Å². The van der Waals surface area contributed by atoms with E-state index in [1.165, 1.54) is 34.8 Å². The maximum absolute atomic E-state index is 12.6. The lowest BCUT2D eigenvalue weighted by Gasteiger charge is -2.13. The van der Waals surface area contributed by atoms with Crippen molar-refractivity contribution in [3.8, 4) is 11.8 Å². The van der Waals surface area contributed by atoms with Crippen LogP contribution in [0.4, 0.5) is 0 Å². The van der Waals surface area contributed by atoms with Crippen molar-refractivity contribution < 1.29 is 19.8 Å². The Balaban J connectivity index is 1.29. The van der Waals surface area contributed by atoms with Crippen LogP contribution in [0.2, 0.25) is 0 Å². The van der Waals surface area contributed by atoms with Gasteiger partial charge in [0, 0.05) is 24.2 Å². The van der Waals surface area contributed by atoms with Gasteiger partial charge in [-0.3, -0.25) is 18.7 Å². The summed E-state index contributed by atoms with van der Waals surface area (Å²) in [6.07, 6.45) is 9.94. The highest BCUT2D eigenvalue weighted by Gasteiger charge is 2.21. The van der Waals surface area contributed by atoms with E-state index in [9.17, 15) is 19.8 Å². The Hall–Kier alpha value is -3.96. The fourth-order valence-electron chi connectivity index (χ4n) is 4.72. The molecule has 2 N–H and O–H groups in total. The summed E-state index contributed by atoms with van der Waals surface area (Å²) in [5, 5.41) is 22.0. The lowest BCUT2D eigenvalue weighted by atomic mass is 9.91. The zero-order valence-corrected chi connectivity index (χ0v) is 24.0. The van der Waals surface area contributed by atoms with E-state index in [-0.39, 0.29) is 36.4 Å². The first-order valence-corrected chi connectivity index (χ1v) is 14.7. The van der Waals surface area contributed by atoms with Crippen molar-refractivity contribution in [2.75, 3.05) is 0 Å². The van der Waals surface area contributed by atoms with E-state index in [2.05, 4.69) is 0 Å². The molecule has 0 atom stereocenters.